The van der Waals surface area contributed by atoms with E-state index in [1.165, 1.54) is 39.8 Å². The topological polar surface area (TPSA) is 81.9 Å². The van der Waals surface area contributed by atoms with Gasteiger partial charge in [-0.3, -0.25) is 9.36 Å². The minimum atomic E-state index is -0.151. The highest BCUT2D eigenvalue weighted by Crippen LogP contribution is 2.27. The van der Waals surface area contributed by atoms with Crippen LogP contribution in [-0.2, 0) is 17.9 Å². The van der Waals surface area contributed by atoms with E-state index in [4.69, 9.17) is 4.74 Å². The van der Waals surface area contributed by atoms with E-state index in [2.05, 4.69) is 53.1 Å². The van der Waals surface area contributed by atoms with Crippen LogP contribution in [0.1, 0.15) is 22.5 Å². The fourth-order valence-electron chi connectivity index (χ4n) is 3.28. The lowest BCUT2D eigenvalue weighted by Gasteiger charge is -2.09. The number of rotatable bonds is 10. The minimum absolute atomic E-state index is 0.151. The van der Waals surface area contributed by atoms with Crippen molar-refractivity contribution in [2.24, 2.45) is 0 Å². The molecule has 0 aliphatic rings. The Labute approximate surface area is 213 Å². The van der Waals surface area contributed by atoms with Crippen LogP contribution in [0.15, 0.2) is 65.7 Å². The van der Waals surface area contributed by atoms with Gasteiger partial charge in [0.1, 0.15) is 12.4 Å². The molecular formula is C26H27N5O2S2. The van der Waals surface area contributed by atoms with Crippen LogP contribution in [-0.4, -0.2) is 31.4 Å². The first kappa shape index (κ1) is 24.7. The van der Waals surface area contributed by atoms with Gasteiger partial charge in [0.05, 0.1) is 11.4 Å². The molecule has 1 N–H and O–H groups in total. The number of aromatic nitrogens is 4. The van der Waals surface area contributed by atoms with Crippen molar-refractivity contribution in [3.8, 4) is 17.0 Å². The molecule has 7 nitrogen and oxygen atoms in total. The van der Waals surface area contributed by atoms with E-state index in [0.717, 1.165) is 17.0 Å². The first-order chi connectivity index (χ1) is 16.9. The second-order valence-corrected chi connectivity index (χ2v) is 9.87. The number of benzene rings is 2. The molecule has 0 radical (unpaired) electrons. The first-order valence-corrected chi connectivity index (χ1v) is 13.0. The highest BCUT2D eigenvalue weighted by atomic mass is 32.2. The molecule has 2 aromatic carbocycles. The van der Waals surface area contributed by atoms with Crippen molar-refractivity contribution in [1.29, 1.82) is 0 Å². The summed E-state index contributed by atoms with van der Waals surface area (Å²) < 4.78 is 7.75. The molecule has 2 heterocycles. The Morgan fingerprint density at radius 1 is 1.14 bits per heavy atom. The van der Waals surface area contributed by atoms with Crippen LogP contribution in [0.5, 0.6) is 5.75 Å². The number of carbonyl (C=O) groups is 1. The van der Waals surface area contributed by atoms with Crippen molar-refractivity contribution in [3.63, 3.8) is 0 Å². The predicted molar refractivity (Wildman–Crippen MR) is 142 cm³/mol. The van der Waals surface area contributed by atoms with Crippen LogP contribution in [0.4, 0.5) is 5.13 Å². The number of amides is 1. The Morgan fingerprint density at radius 3 is 2.69 bits per heavy atom. The molecule has 0 fully saturated rings. The number of ether oxygens (including phenoxy) is 1. The normalized spacial score (nSPS) is 10.8. The summed E-state index contributed by atoms with van der Waals surface area (Å²) >= 11 is 2.73. The molecule has 0 saturated heterocycles. The van der Waals surface area contributed by atoms with Gasteiger partial charge in [0.15, 0.2) is 16.1 Å². The van der Waals surface area contributed by atoms with Crippen molar-refractivity contribution in [2.75, 3.05) is 11.1 Å². The smallest absolute Gasteiger partial charge is 0.236 e. The van der Waals surface area contributed by atoms with Crippen molar-refractivity contribution >= 4 is 34.1 Å². The number of hydrogen-bond acceptors (Lipinski definition) is 7. The number of aryl methyl sites for hydroxylation is 3. The Hall–Kier alpha value is -3.43. The number of allylic oxidation sites excluding steroid dienone is 1. The van der Waals surface area contributed by atoms with Crippen molar-refractivity contribution in [2.45, 2.75) is 39.1 Å². The third-order valence-electron chi connectivity index (χ3n) is 5.38. The summed E-state index contributed by atoms with van der Waals surface area (Å²) in [7, 11) is 0. The third-order valence-corrected chi connectivity index (χ3v) is 7.10. The molecule has 0 bridgehead atoms. The van der Waals surface area contributed by atoms with E-state index in [9.17, 15) is 4.79 Å². The van der Waals surface area contributed by atoms with Gasteiger partial charge in [-0.2, -0.15) is 0 Å². The molecule has 9 heteroatoms. The molecule has 4 aromatic rings. The number of carbonyl (C=O) groups excluding carboxylic acids is 1. The van der Waals surface area contributed by atoms with Gasteiger partial charge >= 0.3 is 0 Å². The number of thioether (sulfide) groups is 1. The lowest BCUT2D eigenvalue weighted by atomic mass is 10.1. The van der Waals surface area contributed by atoms with E-state index >= 15 is 0 Å². The van der Waals surface area contributed by atoms with Gasteiger partial charge in [-0.05, 0) is 50.1 Å². The SMILES string of the molecule is C=CCn1c(COc2ccc(C)cc2)nnc1SCC(=O)Nc1nc(-c2ccc(C)c(C)c2)cs1. The van der Waals surface area contributed by atoms with Gasteiger partial charge in [-0.25, -0.2) is 4.98 Å². The summed E-state index contributed by atoms with van der Waals surface area (Å²) in [5.74, 6) is 1.47. The third kappa shape index (κ3) is 6.37. The van der Waals surface area contributed by atoms with Gasteiger partial charge in [-0.1, -0.05) is 47.7 Å². The summed E-state index contributed by atoms with van der Waals surface area (Å²) in [6, 6.07) is 14.1. The number of hydrogen-bond donors (Lipinski definition) is 1. The lowest BCUT2D eigenvalue weighted by Crippen LogP contribution is -2.15. The molecule has 0 saturated carbocycles. The second kappa shape index (κ2) is 11.3. The van der Waals surface area contributed by atoms with Crippen molar-refractivity contribution < 1.29 is 9.53 Å². The fraction of sp³-hybridized carbons (Fsp3) is 0.231. The van der Waals surface area contributed by atoms with E-state index in [-0.39, 0.29) is 18.3 Å². The molecule has 0 aliphatic carbocycles. The number of thiazole rings is 1. The zero-order valence-corrected chi connectivity index (χ0v) is 21.6. The average molecular weight is 506 g/mol. The lowest BCUT2D eigenvalue weighted by molar-refractivity contribution is -0.113. The molecule has 1 amide bonds. The zero-order chi connectivity index (χ0) is 24.8. The highest BCUT2D eigenvalue weighted by Gasteiger charge is 2.15. The maximum Gasteiger partial charge on any atom is 0.236 e. The van der Waals surface area contributed by atoms with E-state index < -0.39 is 0 Å². The Morgan fingerprint density at radius 2 is 1.94 bits per heavy atom. The zero-order valence-electron chi connectivity index (χ0n) is 19.9. The van der Waals surface area contributed by atoms with E-state index in [0.29, 0.717) is 22.7 Å². The maximum absolute atomic E-state index is 12.6. The van der Waals surface area contributed by atoms with Gasteiger partial charge in [-0.15, -0.1) is 28.1 Å². The number of nitrogens with zero attached hydrogens (tertiary/aromatic N) is 4. The largest absolute Gasteiger partial charge is 0.486 e. The van der Waals surface area contributed by atoms with Gasteiger partial charge in [0, 0.05) is 17.5 Å². The summed E-state index contributed by atoms with van der Waals surface area (Å²) in [6.07, 6.45) is 1.77. The van der Waals surface area contributed by atoms with Gasteiger partial charge in [0.25, 0.3) is 0 Å². The van der Waals surface area contributed by atoms with Crippen LogP contribution in [0.3, 0.4) is 0 Å². The van der Waals surface area contributed by atoms with Crippen LogP contribution in [0.25, 0.3) is 11.3 Å². The highest BCUT2D eigenvalue weighted by molar-refractivity contribution is 7.99. The average Bonchev–Trinajstić information content (AvgIpc) is 3.46. The Balaban J connectivity index is 1.35. The van der Waals surface area contributed by atoms with Crippen LogP contribution < -0.4 is 10.1 Å². The molecular weight excluding hydrogens is 478 g/mol. The number of anilines is 1. The van der Waals surface area contributed by atoms with Crippen LogP contribution >= 0.6 is 23.1 Å². The molecule has 0 atom stereocenters. The summed E-state index contributed by atoms with van der Waals surface area (Å²) in [4.78, 5) is 17.1. The Bertz CT molecular complexity index is 1330. The van der Waals surface area contributed by atoms with Crippen molar-refractivity contribution in [3.05, 3.63) is 83.0 Å². The predicted octanol–water partition coefficient (Wildman–Crippen LogP) is 5.82. The van der Waals surface area contributed by atoms with E-state index in [1.807, 2.05) is 47.2 Å². The second-order valence-electron chi connectivity index (χ2n) is 8.07. The van der Waals surface area contributed by atoms with E-state index in [1.54, 1.807) is 6.08 Å². The molecule has 35 heavy (non-hydrogen) atoms. The minimum Gasteiger partial charge on any atom is -0.486 e. The summed E-state index contributed by atoms with van der Waals surface area (Å²) in [5.41, 5.74) is 5.51. The van der Waals surface area contributed by atoms with Crippen LogP contribution in [0.2, 0.25) is 0 Å². The number of nitrogens with one attached hydrogen (secondary N) is 1. The van der Waals surface area contributed by atoms with Crippen molar-refractivity contribution in [1.82, 2.24) is 19.7 Å². The first-order valence-electron chi connectivity index (χ1n) is 11.1. The Kier molecular flexibility index (Phi) is 7.99. The fourth-order valence-corrected chi connectivity index (χ4v) is 4.78. The molecule has 0 aliphatic heterocycles. The molecule has 4 rings (SSSR count). The monoisotopic (exact) mass is 505 g/mol. The summed E-state index contributed by atoms with van der Waals surface area (Å²) in [5, 5.41) is 14.6. The van der Waals surface area contributed by atoms with Gasteiger partial charge in [0.2, 0.25) is 5.91 Å². The molecule has 0 unspecified atom stereocenters. The standard InChI is InChI=1S/C26H27N5O2S2/c1-5-12-31-23(14-33-21-10-6-17(2)7-11-21)29-30-26(31)35-16-24(32)28-25-27-22(15-34-25)20-9-8-18(3)19(4)13-20/h5-11,13,15H,1,12,14,16H2,2-4H3,(H,27,28,32). The molecule has 0 spiro atoms. The molecule has 180 valence electrons. The summed E-state index contributed by atoms with van der Waals surface area (Å²) in [6.45, 7) is 10.8. The quantitative estimate of drug-likeness (QED) is 0.216. The maximum atomic E-state index is 12.6. The molecule has 2 aromatic heterocycles. The van der Waals surface area contributed by atoms with Crippen LogP contribution in [0, 0.1) is 20.8 Å². The van der Waals surface area contributed by atoms with Gasteiger partial charge < -0.3 is 10.1 Å².